The molecule has 0 aliphatic heterocycles. The minimum absolute atomic E-state index is 0.00369. The van der Waals surface area contributed by atoms with Crippen molar-refractivity contribution in [2.24, 2.45) is 0 Å². The van der Waals surface area contributed by atoms with Gasteiger partial charge in [-0.1, -0.05) is 13.3 Å². The number of nitrogens with one attached hydrogen (secondary N) is 2. The Morgan fingerprint density at radius 2 is 2.25 bits per heavy atom. The molecule has 2 N–H and O–H groups in total. The maximum absolute atomic E-state index is 10.9. The van der Waals surface area contributed by atoms with Gasteiger partial charge in [-0.2, -0.15) is 0 Å². The first kappa shape index (κ1) is 15.0. The van der Waals surface area contributed by atoms with Crippen LogP contribution in [0.4, 0.5) is 5.13 Å². The van der Waals surface area contributed by atoms with Crippen molar-refractivity contribution in [2.75, 3.05) is 11.9 Å². The Morgan fingerprint density at radius 3 is 3.00 bits per heavy atom. The van der Waals surface area contributed by atoms with Crippen LogP contribution >= 0.6 is 22.7 Å². The monoisotopic (exact) mass is 309 g/mol. The average molecular weight is 309 g/mol. The lowest BCUT2D eigenvalue weighted by molar-refractivity contribution is -0.119. The molecule has 0 bridgehead atoms. The Hall–Kier alpha value is -1.40. The highest BCUT2D eigenvalue weighted by atomic mass is 32.1. The van der Waals surface area contributed by atoms with Crippen molar-refractivity contribution in [3.05, 3.63) is 22.4 Å². The normalized spacial score (nSPS) is 10.5. The van der Waals surface area contributed by atoms with Crippen molar-refractivity contribution in [2.45, 2.75) is 33.2 Å². The highest BCUT2D eigenvalue weighted by Gasteiger charge is 2.07. The first-order valence-electron chi connectivity index (χ1n) is 6.72. The van der Waals surface area contributed by atoms with Crippen LogP contribution in [0, 0.1) is 0 Å². The van der Waals surface area contributed by atoms with Crippen molar-refractivity contribution in [3.63, 3.8) is 0 Å². The van der Waals surface area contributed by atoms with E-state index in [9.17, 15) is 4.79 Å². The van der Waals surface area contributed by atoms with Gasteiger partial charge in [0.25, 0.3) is 0 Å². The number of nitrogens with zero attached hydrogens (tertiary/aromatic N) is 1. The molecular weight excluding hydrogens is 290 g/mol. The lowest BCUT2D eigenvalue weighted by Crippen LogP contribution is -2.17. The molecule has 2 heterocycles. The molecule has 4 nitrogen and oxygen atoms in total. The van der Waals surface area contributed by atoms with E-state index in [1.165, 1.54) is 13.3 Å². The molecule has 0 saturated carbocycles. The third kappa shape index (κ3) is 4.31. The average Bonchev–Trinajstić information content (AvgIpc) is 3.05. The summed E-state index contributed by atoms with van der Waals surface area (Å²) in [5.74, 6) is -0.00369. The lowest BCUT2D eigenvalue weighted by atomic mass is 10.3. The van der Waals surface area contributed by atoms with Gasteiger partial charge in [0.1, 0.15) is 0 Å². The van der Waals surface area contributed by atoms with Gasteiger partial charge in [0.15, 0.2) is 5.13 Å². The molecule has 2 aromatic rings. The molecular formula is C14H19N3OS2. The molecule has 20 heavy (non-hydrogen) atoms. The number of anilines is 1. The molecule has 0 unspecified atom stereocenters. The summed E-state index contributed by atoms with van der Waals surface area (Å²) in [6.45, 7) is 5.27. The molecule has 0 aromatic carbocycles. The fraction of sp³-hybridized carbons (Fsp3) is 0.429. The second-order valence-electron chi connectivity index (χ2n) is 4.49. The molecule has 108 valence electrons. The van der Waals surface area contributed by atoms with E-state index in [1.54, 1.807) is 22.7 Å². The summed E-state index contributed by atoms with van der Waals surface area (Å²) in [4.78, 5) is 17.8. The predicted molar refractivity (Wildman–Crippen MR) is 86.3 cm³/mol. The molecule has 6 heteroatoms. The molecule has 0 atom stereocenters. The minimum Gasteiger partial charge on any atom is -0.362 e. The first-order chi connectivity index (χ1) is 9.69. The Kier molecular flexibility index (Phi) is 5.55. The zero-order valence-electron chi connectivity index (χ0n) is 11.7. The Balaban J connectivity index is 1.95. The van der Waals surface area contributed by atoms with Crippen LogP contribution in [-0.2, 0) is 11.3 Å². The summed E-state index contributed by atoms with van der Waals surface area (Å²) in [5, 5.41) is 9.19. The zero-order valence-corrected chi connectivity index (χ0v) is 13.4. The van der Waals surface area contributed by atoms with Crippen LogP contribution in [0.1, 0.15) is 31.6 Å². The number of rotatable bonds is 7. The third-order valence-corrected chi connectivity index (χ3v) is 4.64. The number of hydrogen-bond acceptors (Lipinski definition) is 5. The van der Waals surface area contributed by atoms with E-state index in [1.807, 2.05) is 6.07 Å². The maximum atomic E-state index is 10.9. The summed E-state index contributed by atoms with van der Waals surface area (Å²) >= 11 is 3.31. The summed E-state index contributed by atoms with van der Waals surface area (Å²) in [6.07, 6.45) is 2.34. The SMILES string of the molecule is CCCCNc1nc(-c2ccc(CNC(C)=O)s2)cs1. The molecule has 0 fully saturated rings. The number of carbonyl (C=O) groups is 1. The molecule has 0 saturated heterocycles. The quantitative estimate of drug-likeness (QED) is 0.766. The van der Waals surface area contributed by atoms with Gasteiger partial charge in [0.2, 0.25) is 5.91 Å². The zero-order chi connectivity index (χ0) is 14.4. The molecule has 1 amide bonds. The van der Waals surface area contributed by atoms with Crippen molar-refractivity contribution < 1.29 is 4.79 Å². The van der Waals surface area contributed by atoms with Crippen molar-refractivity contribution in [3.8, 4) is 10.6 Å². The Labute approximate surface area is 127 Å². The largest absolute Gasteiger partial charge is 0.362 e. The van der Waals surface area contributed by atoms with Gasteiger partial charge < -0.3 is 10.6 Å². The Morgan fingerprint density at radius 1 is 1.40 bits per heavy atom. The van der Waals surface area contributed by atoms with Gasteiger partial charge >= 0.3 is 0 Å². The summed E-state index contributed by atoms with van der Waals surface area (Å²) in [7, 11) is 0. The van der Waals surface area contributed by atoms with Crippen LogP contribution in [0.25, 0.3) is 10.6 Å². The smallest absolute Gasteiger partial charge is 0.217 e. The second-order valence-corrected chi connectivity index (χ2v) is 6.52. The van der Waals surface area contributed by atoms with Crippen LogP contribution in [0.2, 0.25) is 0 Å². The van der Waals surface area contributed by atoms with E-state index >= 15 is 0 Å². The topological polar surface area (TPSA) is 54.0 Å². The van der Waals surface area contributed by atoms with E-state index < -0.39 is 0 Å². The predicted octanol–water partition coefficient (Wildman–Crippen LogP) is 3.72. The fourth-order valence-electron chi connectivity index (χ4n) is 1.66. The van der Waals surface area contributed by atoms with Gasteiger partial charge in [0.05, 0.1) is 17.1 Å². The Bertz CT molecular complexity index is 562. The standard InChI is InChI=1S/C14H19N3OS2/c1-3-4-7-15-14-17-12(9-19-14)13-6-5-11(20-13)8-16-10(2)18/h5-6,9H,3-4,7-8H2,1-2H3,(H,15,17)(H,16,18). The van der Waals surface area contributed by atoms with Crippen LogP contribution in [0.5, 0.6) is 0 Å². The number of aromatic nitrogens is 1. The summed E-state index contributed by atoms with van der Waals surface area (Å²) in [5.41, 5.74) is 1.01. The molecule has 0 aliphatic rings. The number of thiazole rings is 1. The van der Waals surface area contributed by atoms with Crippen LogP contribution in [0.3, 0.4) is 0 Å². The first-order valence-corrected chi connectivity index (χ1v) is 8.41. The summed E-state index contributed by atoms with van der Waals surface area (Å²) < 4.78 is 0. The van der Waals surface area contributed by atoms with Crippen LogP contribution in [0.15, 0.2) is 17.5 Å². The molecule has 0 aliphatic carbocycles. The van der Waals surface area contributed by atoms with Gasteiger partial charge in [-0.3, -0.25) is 4.79 Å². The number of unbranched alkanes of at least 4 members (excludes halogenated alkanes) is 1. The van der Waals surface area contributed by atoms with Crippen molar-refractivity contribution in [1.82, 2.24) is 10.3 Å². The van der Waals surface area contributed by atoms with E-state index in [2.05, 4.69) is 34.0 Å². The van der Waals surface area contributed by atoms with Crippen LogP contribution < -0.4 is 10.6 Å². The van der Waals surface area contributed by atoms with Crippen LogP contribution in [-0.4, -0.2) is 17.4 Å². The third-order valence-electron chi connectivity index (χ3n) is 2.74. The van der Waals surface area contributed by atoms with Gasteiger partial charge in [-0.05, 0) is 18.6 Å². The second kappa shape index (κ2) is 7.40. The maximum Gasteiger partial charge on any atom is 0.217 e. The number of carbonyl (C=O) groups excluding carboxylic acids is 1. The number of hydrogen-bond donors (Lipinski definition) is 2. The van der Waals surface area contributed by atoms with Crippen molar-refractivity contribution in [1.29, 1.82) is 0 Å². The molecule has 2 aromatic heterocycles. The van der Waals surface area contributed by atoms with E-state index in [0.717, 1.165) is 33.5 Å². The van der Waals surface area contributed by atoms with Gasteiger partial charge in [0, 0.05) is 23.7 Å². The van der Waals surface area contributed by atoms with Crippen molar-refractivity contribution >= 4 is 33.7 Å². The number of amides is 1. The lowest BCUT2D eigenvalue weighted by Gasteiger charge is -1.99. The van der Waals surface area contributed by atoms with Gasteiger partial charge in [-0.25, -0.2) is 4.98 Å². The highest BCUT2D eigenvalue weighted by Crippen LogP contribution is 2.30. The molecule has 0 spiro atoms. The summed E-state index contributed by atoms with van der Waals surface area (Å²) in [6, 6.07) is 4.10. The number of thiophene rings is 1. The van der Waals surface area contributed by atoms with Gasteiger partial charge in [-0.15, -0.1) is 22.7 Å². The molecule has 2 rings (SSSR count). The highest BCUT2D eigenvalue weighted by molar-refractivity contribution is 7.17. The molecule has 0 radical (unpaired) electrons. The minimum atomic E-state index is -0.00369. The van der Waals surface area contributed by atoms with E-state index in [-0.39, 0.29) is 5.91 Å². The van der Waals surface area contributed by atoms with E-state index in [4.69, 9.17) is 0 Å². The van der Waals surface area contributed by atoms with E-state index in [0.29, 0.717) is 6.54 Å². The fourth-order valence-corrected chi connectivity index (χ4v) is 3.38.